The van der Waals surface area contributed by atoms with E-state index in [1.165, 1.54) is 38.6 Å². The summed E-state index contributed by atoms with van der Waals surface area (Å²) in [6.07, 6.45) is 6.14. The fraction of sp³-hybridized carbons (Fsp3) is 1.00. The number of rotatable bonds is 3. The Morgan fingerprint density at radius 3 is 2.47 bits per heavy atom. The predicted molar refractivity (Wildman–Crippen MR) is 60.0 cm³/mol. The minimum atomic E-state index is 0.690. The molecule has 0 aliphatic carbocycles. The van der Waals surface area contributed by atoms with Crippen molar-refractivity contribution in [3.63, 3.8) is 0 Å². The first-order chi connectivity index (χ1) is 7.45. The highest BCUT2D eigenvalue weighted by Gasteiger charge is 2.16. The Morgan fingerprint density at radius 1 is 0.867 bits per heavy atom. The molecule has 2 saturated heterocycles. The molecule has 2 aliphatic rings. The molecule has 3 heteroatoms. The van der Waals surface area contributed by atoms with Crippen molar-refractivity contribution in [1.82, 2.24) is 5.32 Å². The van der Waals surface area contributed by atoms with Gasteiger partial charge in [-0.05, 0) is 44.6 Å². The van der Waals surface area contributed by atoms with Crippen LogP contribution in [-0.4, -0.2) is 39.0 Å². The molecule has 2 rings (SSSR count). The van der Waals surface area contributed by atoms with Gasteiger partial charge in [0.05, 0.1) is 0 Å². The normalized spacial score (nSPS) is 30.0. The molecule has 0 amide bonds. The lowest BCUT2D eigenvalue weighted by Crippen LogP contribution is -2.35. The molecule has 88 valence electrons. The van der Waals surface area contributed by atoms with Gasteiger partial charge in [0, 0.05) is 32.5 Å². The second-order valence-electron chi connectivity index (χ2n) is 4.70. The molecule has 15 heavy (non-hydrogen) atoms. The van der Waals surface area contributed by atoms with Crippen molar-refractivity contribution < 1.29 is 9.47 Å². The van der Waals surface area contributed by atoms with E-state index in [0.717, 1.165) is 32.3 Å². The van der Waals surface area contributed by atoms with Crippen molar-refractivity contribution in [3.8, 4) is 0 Å². The minimum Gasteiger partial charge on any atom is -0.381 e. The third-order valence-corrected chi connectivity index (χ3v) is 3.49. The molecule has 1 unspecified atom stereocenters. The van der Waals surface area contributed by atoms with Crippen LogP contribution in [0.4, 0.5) is 0 Å². The molecule has 0 aromatic heterocycles. The molecule has 0 aromatic rings. The van der Waals surface area contributed by atoms with E-state index in [1.54, 1.807) is 0 Å². The van der Waals surface area contributed by atoms with E-state index >= 15 is 0 Å². The summed E-state index contributed by atoms with van der Waals surface area (Å²) in [6.45, 7) is 4.98. The van der Waals surface area contributed by atoms with Crippen molar-refractivity contribution in [2.45, 2.75) is 38.1 Å². The standard InChI is InChI=1S/C12H23NO2/c1-2-12(5-9-14-6-1)13-10-11-3-7-15-8-4-11/h11-13H,1-10H2. The van der Waals surface area contributed by atoms with Crippen LogP contribution in [0.15, 0.2) is 0 Å². The molecule has 2 fully saturated rings. The largest absolute Gasteiger partial charge is 0.381 e. The summed E-state index contributed by atoms with van der Waals surface area (Å²) in [7, 11) is 0. The molecule has 0 radical (unpaired) electrons. The molecule has 0 bridgehead atoms. The van der Waals surface area contributed by atoms with Gasteiger partial charge in [0.1, 0.15) is 0 Å². The molecule has 2 heterocycles. The number of hydrogen-bond donors (Lipinski definition) is 1. The van der Waals surface area contributed by atoms with Crippen LogP contribution in [0, 0.1) is 5.92 Å². The van der Waals surface area contributed by atoms with Crippen molar-refractivity contribution in [2.24, 2.45) is 5.92 Å². The summed E-state index contributed by atoms with van der Waals surface area (Å²) in [5.41, 5.74) is 0. The molecule has 1 N–H and O–H groups in total. The van der Waals surface area contributed by atoms with Crippen LogP contribution < -0.4 is 5.32 Å². The van der Waals surface area contributed by atoms with Crippen LogP contribution in [0.25, 0.3) is 0 Å². The highest BCUT2D eigenvalue weighted by atomic mass is 16.5. The average Bonchev–Trinajstić information content (AvgIpc) is 2.56. The second kappa shape index (κ2) is 6.46. The smallest absolute Gasteiger partial charge is 0.0480 e. The van der Waals surface area contributed by atoms with E-state index in [-0.39, 0.29) is 0 Å². The Hall–Kier alpha value is -0.120. The third-order valence-electron chi connectivity index (χ3n) is 3.49. The zero-order valence-corrected chi connectivity index (χ0v) is 9.54. The van der Waals surface area contributed by atoms with E-state index in [0.29, 0.717) is 6.04 Å². The SMILES string of the molecule is C1COCCC(NCC2CCOCC2)C1. The Labute approximate surface area is 92.5 Å². The first-order valence-corrected chi connectivity index (χ1v) is 6.34. The Morgan fingerprint density at radius 2 is 1.60 bits per heavy atom. The topological polar surface area (TPSA) is 30.5 Å². The van der Waals surface area contributed by atoms with Gasteiger partial charge in [-0.3, -0.25) is 0 Å². The highest BCUT2D eigenvalue weighted by molar-refractivity contribution is 4.73. The molecule has 0 saturated carbocycles. The van der Waals surface area contributed by atoms with Gasteiger partial charge in [0.2, 0.25) is 0 Å². The fourth-order valence-corrected chi connectivity index (χ4v) is 2.39. The summed E-state index contributed by atoms with van der Waals surface area (Å²) in [5.74, 6) is 0.836. The monoisotopic (exact) mass is 213 g/mol. The third kappa shape index (κ3) is 4.09. The van der Waals surface area contributed by atoms with Gasteiger partial charge in [-0.1, -0.05) is 0 Å². The molecule has 0 spiro atoms. The number of nitrogens with one attached hydrogen (secondary N) is 1. The summed E-state index contributed by atoms with van der Waals surface area (Å²) in [5, 5.41) is 3.70. The predicted octanol–water partition coefficient (Wildman–Crippen LogP) is 1.57. The Kier molecular flexibility index (Phi) is 4.90. The van der Waals surface area contributed by atoms with Crippen molar-refractivity contribution in [1.29, 1.82) is 0 Å². The summed E-state index contributed by atoms with van der Waals surface area (Å²) >= 11 is 0. The van der Waals surface area contributed by atoms with E-state index < -0.39 is 0 Å². The van der Waals surface area contributed by atoms with Gasteiger partial charge in [-0.2, -0.15) is 0 Å². The highest BCUT2D eigenvalue weighted by Crippen LogP contribution is 2.15. The molecule has 1 atom stereocenters. The van der Waals surface area contributed by atoms with Gasteiger partial charge in [-0.25, -0.2) is 0 Å². The summed E-state index contributed by atoms with van der Waals surface area (Å²) < 4.78 is 10.8. The average molecular weight is 213 g/mol. The first kappa shape index (κ1) is 11.4. The second-order valence-corrected chi connectivity index (χ2v) is 4.70. The number of hydrogen-bond acceptors (Lipinski definition) is 3. The zero-order chi connectivity index (χ0) is 10.3. The van der Waals surface area contributed by atoms with Crippen LogP contribution in [0.3, 0.4) is 0 Å². The zero-order valence-electron chi connectivity index (χ0n) is 9.54. The first-order valence-electron chi connectivity index (χ1n) is 6.34. The van der Waals surface area contributed by atoms with Gasteiger partial charge >= 0.3 is 0 Å². The van der Waals surface area contributed by atoms with Crippen LogP contribution >= 0.6 is 0 Å². The number of ether oxygens (including phenoxy) is 2. The van der Waals surface area contributed by atoms with Crippen LogP contribution in [-0.2, 0) is 9.47 Å². The van der Waals surface area contributed by atoms with Gasteiger partial charge in [0.15, 0.2) is 0 Å². The van der Waals surface area contributed by atoms with E-state index in [2.05, 4.69) is 5.32 Å². The lowest BCUT2D eigenvalue weighted by molar-refractivity contribution is 0.0651. The van der Waals surface area contributed by atoms with E-state index in [4.69, 9.17) is 9.47 Å². The Balaban J connectivity index is 1.62. The van der Waals surface area contributed by atoms with E-state index in [1.807, 2.05) is 0 Å². The lowest BCUT2D eigenvalue weighted by Gasteiger charge is -2.25. The van der Waals surface area contributed by atoms with Crippen LogP contribution in [0.2, 0.25) is 0 Å². The maximum atomic E-state index is 5.46. The van der Waals surface area contributed by atoms with Gasteiger partial charge < -0.3 is 14.8 Å². The van der Waals surface area contributed by atoms with Gasteiger partial charge in [0.25, 0.3) is 0 Å². The fourth-order valence-electron chi connectivity index (χ4n) is 2.39. The summed E-state index contributed by atoms with van der Waals surface area (Å²) in [6, 6.07) is 0.690. The van der Waals surface area contributed by atoms with Crippen LogP contribution in [0.1, 0.15) is 32.1 Å². The molecule has 0 aromatic carbocycles. The van der Waals surface area contributed by atoms with Gasteiger partial charge in [-0.15, -0.1) is 0 Å². The van der Waals surface area contributed by atoms with Crippen molar-refractivity contribution in [2.75, 3.05) is 33.0 Å². The Bertz CT molecular complexity index is 161. The quantitative estimate of drug-likeness (QED) is 0.772. The van der Waals surface area contributed by atoms with E-state index in [9.17, 15) is 0 Å². The van der Waals surface area contributed by atoms with Crippen LogP contribution in [0.5, 0.6) is 0 Å². The van der Waals surface area contributed by atoms with Crippen molar-refractivity contribution >= 4 is 0 Å². The molecular weight excluding hydrogens is 190 g/mol. The summed E-state index contributed by atoms with van der Waals surface area (Å²) in [4.78, 5) is 0. The lowest BCUT2D eigenvalue weighted by atomic mass is 9.99. The molecular formula is C12H23NO2. The van der Waals surface area contributed by atoms with Crippen molar-refractivity contribution in [3.05, 3.63) is 0 Å². The maximum Gasteiger partial charge on any atom is 0.0480 e. The minimum absolute atomic E-state index is 0.690. The maximum absolute atomic E-state index is 5.46. The molecule has 3 nitrogen and oxygen atoms in total. The molecule has 2 aliphatic heterocycles.